The molecule has 0 amide bonds. The number of benzene rings is 2. The zero-order valence-electron chi connectivity index (χ0n) is 45.0. The average Bonchev–Trinajstić information content (AvgIpc) is 3.27. The third kappa shape index (κ3) is 32.2. The minimum absolute atomic E-state index is 1.22. The number of rotatable bonds is 29. The van der Waals surface area contributed by atoms with Crippen LogP contribution in [0.1, 0.15) is 0 Å². The fraction of sp³-hybridized carbons (Fsp3) is 0.667. The van der Waals surface area contributed by atoms with Crippen molar-refractivity contribution in [1.82, 2.24) is 0 Å². The quantitative estimate of drug-likeness (QED) is 0.108. The summed E-state index contributed by atoms with van der Waals surface area (Å²) in [5, 5.41) is 2.44. The summed E-state index contributed by atoms with van der Waals surface area (Å²) in [4.78, 5) is 0. The molecule has 2 atom stereocenters. The van der Waals surface area contributed by atoms with Crippen LogP contribution >= 0.6 is 0 Å². The molecule has 2 unspecified atom stereocenters. The van der Waals surface area contributed by atoms with E-state index in [0.717, 1.165) is 0 Å². The molecule has 0 bridgehead atoms. The van der Waals surface area contributed by atoms with Crippen LogP contribution in [-0.2, 0) is 81.6 Å². The van der Waals surface area contributed by atoms with Gasteiger partial charge in [0.2, 0.25) is 8.32 Å². The van der Waals surface area contributed by atoms with Crippen molar-refractivity contribution in [3.05, 3.63) is 60.7 Å². The van der Waals surface area contributed by atoms with Crippen molar-refractivity contribution in [3.63, 3.8) is 0 Å². The van der Waals surface area contributed by atoms with E-state index >= 15 is 0 Å². The highest BCUT2D eigenvalue weighted by molar-refractivity contribution is 6.99. The van der Waals surface area contributed by atoms with Gasteiger partial charge in [-0.15, -0.1) is 0 Å². The lowest BCUT2D eigenvalue weighted by Gasteiger charge is -2.34. The topological polar surface area (TPSA) is 175 Å². The second-order valence-corrected chi connectivity index (χ2v) is 52.7. The fourth-order valence-corrected chi connectivity index (χ4v) is 36.5. The van der Waals surface area contributed by atoms with Crippen LogP contribution in [0.3, 0.4) is 0 Å². The lowest BCUT2D eigenvalue weighted by atomic mass is 10.4. The number of hydrogen-bond acceptors (Lipinski definition) is 19. The van der Waals surface area contributed by atoms with E-state index in [1.165, 1.54) is 10.4 Å². The molecule has 0 heterocycles. The van der Waals surface area contributed by atoms with Gasteiger partial charge in [-0.25, -0.2) is 0 Å². The Balaban J connectivity index is 0. The zero-order chi connectivity index (χ0) is 52.1. The predicted octanol–water partition coefficient (Wildman–Crippen LogP) is 3.66. The summed E-state index contributed by atoms with van der Waals surface area (Å²) in [6.07, 6.45) is 0. The Morgan fingerprint density at radius 2 is 0.597 bits per heavy atom. The van der Waals surface area contributed by atoms with E-state index in [-0.39, 0.29) is 0 Å². The highest BCUT2D eigenvalue weighted by atomic mass is 28.5. The van der Waals surface area contributed by atoms with E-state index in [4.69, 9.17) is 81.6 Å². The Labute approximate surface area is 421 Å². The Morgan fingerprint density at radius 1 is 0.328 bits per heavy atom. The maximum atomic E-state index is 6.34. The van der Waals surface area contributed by atoms with Crippen LogP contribution in [0.2, 0.25) is 85.1 Å². The minimum Gasteiger partial charge on any atom is -0.439 e. The van der Waals surface area contributed by atoms with Crippen LogP contribution in [0, 0.1) is 0 Å². The molecule has 394 valence electrons. The molecule has 0 saturated heterocycles. The Hall–Kier alpha value is 0.283. The van der Waals surface area contributed by atoms with Crippen molar-refractivity contribution in [1.29, 1.82) is 0 Å². The van der Waals surface area contributed by atoms with Crippen molar-refractivity contribution in [2.45, 2.75) is 85.1 Å². The lowest BCUT2D eigenvalue weighted by molar-refractivity contribution is 0.154. The maximum Gasteiger partial charge on any atom is 0.477 e. The smallest absolute Gasteiger partial charge is 0.439 e. The van der Waals surface area contributed by atoms with Crippen molar-refractivity contribution in [2.24, 2.45) is 0 Å². The SMILES string of the molecule is CO[SiH](OC)O[Si](C)(C)O[SiH](OC)OC.CO[SiH](OC)O[Si](C)(C)O[SiH](OC)OC.CO[SiH](OC)O[Si](C)(c1ccccc1)c1ccccc1.CO[Si](C)(O[SiH](C)O[Si](C)(C)C)O[Si](C)(C)C. The minimum atomic E-state index is -2.50. The van der Waals surface area contributed by atoms with Crippen molar-refractivity contribution >= 4 is 118 Å². The molecule has 0 N–H and O–H groups in total. The van der Waals surface area contributed by atoms with Gasteiger partial charge in [-0.2, -0.15) is 0 Å². The molecule has 0 radical (unpaired) electrons. The summed E-state index contributed by atoms with van der Waals surface area (Å²) in [6.45, 7) is 26.8. The third-order valence-electron chi connectivity index (χ3n) is 8.19. The molecule has 0 spiro atoms. The summed E-state index contributed by atoms with van der Waals surface area (Å²) in [5.41, 5.74) is 0. The summed E-state index contributed by atoms with van der Waals surface area (Å²) in [5.74, 6) is 0. The summed E-state index contributed by atoms with van der Waals surface area (Å²) >= 11 is 0. The van der Waals surface area contributed by atoms with Gasteiger partial charge in [0.1, 0.15) is 0 Å². The Bertz CT molecular complexity index is 1380. The molecule has 0 aliphatic heterocycles. The molecule has 19 nitrogen and oxygen atoms in total. The first kappa shape index (κ1) is 69.4. The number of hydrogen-bond donors (Lipinski definition) is 0. The molecule has 31 heteroatoms. The molecule has 2 aromatic rings. The predicted molar refractivity (Wildman–Crippen MR) is 292 cm³/mol. The Morgan fingerprint density at radius 3 is 0.821 bits per heavy atom. The van der Waals surface area contributed by atoms with Gasteiger partial charge >= 0.3 is 82.8 Å². The molecule has 2 rings (SSSR count). The van der Waals surface area contributed by atoms with Gasteiger partial charge in [0, 0.05) is 84.8 Å². The molecule has 0 aliphatic carbocycles. The maximum absolute atomic E-state index is 6.34. The van der Waals surface area contributed by atoms with Crippen molar-refractivity contribution in [3.8, 4) is 0 Å². The first-order valence-electron chi connectivity index (χ1n) is 21.4. The van der Waals surface area contributed by atoms with Gasteiger partial charge in [0.15, 0.2) is 16.6 Å². The zero-order valence-corrected chi connectivity index (χ0v) is 57.9. The highest BCUT2D eigenvalue weighted by Gasteiger charge is 2.42. The molecule has 0 aliphatic rings. The van der Waals surface area contributed by atoms with Crippen molar-refractivity contribution in [2.75, 3.05) is 78.2 Å². The average molecular weight is 1160 g/mol. The van der Waals surface area contributed by atoms with Gasteiger partial charge in [-0.05, 0) is 88.9 Å². The monoisotopic (exact) mass is 1160 g/mol. The molecule has 67 heavy (non-hydrogen) atoms. The van der Waals surface area contributed by atoms with Crippen LogP contribution in [0.4, 0.5) is 0 Å². The lowest BCUT2D eigenvalue weighted by Crippen LogP contribution is -2.61. The van der Waals surface area contributed by atoms with Gasteiger partial charge in [-0.1, -0.05) is 60.7 Å². The summed E-state index contributed by atoms with van der Waals surface area (Å²) < 4.78 is 104. The van der Waals surface area contributed by atoms with Crippen LogP contribution in [0.5, 0.6) is 0 Å². The van der Waals surface area contributed by atoms with Gasteiger partial charge < -0.3 is 81.6 Å². The highest BCUT2D eigenvalue weighted by Crippen LogP contribution is 2.19. The van der Waals surface area contributed by atoms with E-state index < -0.39 is 108 Å². The normalized spacial score (nSPS) is 14.0. The second kappa shape index (κ2) is 35.4. The molecular formula is C36H88O19Si12. The van der Waals surface area contributed by atoms with E-state index in [0.29, 0.717) is 0 Å². The third-order valence-corrected chi connectivity index (χ3v) is 41.6. The molecule has 0 fully saturated rings. The van der Waals surface area contributed by atoms with Crippen LogP contribution in [-0.4, -0.2) is 186 Å². The standard InChI is InChI=1S/C15H20O3Si2.C9H28O4Si4.2C6H20O6Si3/c1-16-19(17-2)18-20(3,14-10-6-4-7-11-14)15-12-8-5-9-13-15;1-10-17(9,13-16(6,7)8)12-14(2)11-15(3,4)5;2*1-7-13(8-2)11-15(5,6)12-14(9-3)10-4/h4-13,19H,1-3H3;14H,1-9H3;2*13-14H,1-6H3. The van der Waals surface area contributed by atoms with Crippen LogP contribution in [0.15, 0.2) is 60.7 Å². The molecule has 2 aromatic carbocycles. The summed E-state index contributed by atoms with van der Waals surface area (Å²) in [6, 6.07) is 20.7. The molecular weight excluding hydrogens is 1070 g/mol. The largest absolute Gasteiger partial charge is 0.477 e. The summed E-state index contributed by atoms with van der Waals surface area (Å²) in [7, 11) is -7.06. The van der Waals surface area contributed by atoms with E-state index in [1.807, 2.05) is 69.1 Å². The molecule has 0 saturated carbocycles. The van der Waals surface area contributed by atoms with E-state index in [9.17, 15) is 0 Å². The second-order valence-electron chi connectivity index (χ2n) is 17.2. The van der Waals surface area contributed by atoms with E-state index in [2.05, 4.69) is 76.6 Å². The van der Waals surface area contributed by atoms with Crippen LogP contribution < -0.4 is 10.4 Å². The fourth-order valence-electron chi connectivity index (χ4n) is 5.45. The molecule has 0 aromatic heterocycles. The van der Waals surface area contributed by atoms with Gasteiger partial charge in [0.25, 0.3) is 0 Å². The van der Waals surface area contributed by atoms with E-state index in [1.54, 1.807) is 78.2 Å². The first-order valence-corrected chi connectivity index (χ1v) is 47.7. The van der Waals surface area contributed by atoms with Crippen molar-refractivity contribution < 1.29 is 81.6 Å². The van der Waals surface area contributed by atoms with Gasteiger partial charge in [-0.3, -0.25) is 0 Å². The Kier molecular flexibility index (Phi) is 36.7. The van der Waals surface area contributed by atoms with Crippen LogP contribution in [0.25, 0.3) is 0 Å². The van der Waals surface area contributed by atoms with Gasteiger partial charge in [0.05, 0.1) is 0 Å². The first-order chi connectivity index (χ1) is 31.0.